The summed E-state index contributed by atoms with van der Waals surface area (Å²) in [5.74, 6) is 0.836. The molecule has 0 bridgehead atoms. The molecular formula is C23H20N2OS. The number of thioether (sulfide) groups is 1. The van der Waals surface area contributed by atoms with Crippen molar-refractivity contribution in [3.05, 3.63) is 83.9 Å². The topological polar surface area (TPSA) is 24.8 Å². The van der Waals surface area contributed by atoms with Gasteiger partial charge in [0.1, 0.15) is 5.75 Å². The van der Waals surface area contributed by atoms with Crippen LogP contribution in [0.3, 0.4) is 0 Å². The van der Waals surface area contributed by atoms with Crippen molar-refractivity contribution in [2.24, 2.45) is 4.99 Å². The Hall–Kier alpha value is -2.98. The second-order valence-corrected chi connectivity index (χ2v) is 7.22. The van der Waals surface area contributed by atoms with Crippen molar-refractivity contribution >= 4 is 40.1 Å². The summed E-state index contributed by atoms with van der Waals surface area (Å²) in [5, 5.41) is 3.76. The van der Waals surface area contributed by atoms with Crippen LogP contribution in [0.2, 0.25) is 0 Å². The maximum Gasteiger partial charge on any atom is 0.119 e. The van der Waals surface area contributed by atoms with E-state index in [9.17, 15) is 0 Å². The van der Waals surface area contributed by atoms with Gasteiger partial charge in [0, 0.05) is 23.5 Å². The fourth-order valence-corrected chi connectivity index (χ4v) is 4.17. The SMILES string of the molecule is COc1ccc(N=CC=CC=C2Sc3ccc4ccccc4c3N2C)cc1. The molecule has 0 radical (unpaired) electrons. The summed E-state index contributed by atoms with van der Waals surface area (Å²) in [7, 11) is 3.78. The van der Waals surface area contributed by atoms with E-state index in [1.54, 1.807) is 25.1 Å². The Morgan fingerprint density at radius 3 is 2.59 bits per heavy atom. The van der Waals surface area contributed by atoms with Gasteiger partial charge in [-0.3, -0.25) is 4.99 Å². The third-order valence-corrected chi connectivity index (χ3v) is 5.64. The second kappa shape index (κ2) is 7.72. The molecular weight excluding hydrogens is 352 g/mol. The molecule has 0 saturated heterocycles. The highest BCUT2D eigenvalue weighted by Crippen LogP contribution is 2.48. The number of hydrogen-bond donors (Lipinski definition) is 0. The monoisotopic (exact) mass is 372 g/mol. The lowest BCUT2D eigenvalue weighted by Crippen LogP contribution is -2.09. The van der Waals surface area contributed by atoms with Gasteiger partial charge in [-0.2, -0.15) is 0 Å². The largest absolute Gasteiger partial charge is 0.497 e. The Morgan fingerprint density at radius 1 is 0.963 bits per heavy atom. The minimum Gasteiger partial charge on any atom is -0.497 e. The molecule has 1 heterocycles. The third-order valence-electron chi connectivity index (χ3n) is 4.48. The molecule has 0 amide bonds. The highest BCUT2D eigenvalue weighted by atomic mass is 32.2. The van der Waals surface area contributed by atoms with Crippen LogP contribution in [-0.4, -0.2) is 20.4 Å². The number of allylic oxidation sites excluding steroid dienone is 3. The van der Waals surface area contributed by atoms with Crippen LogP contribution < -0.4 is 9.64 Å². The van der Waals surface area contributed by atoms with Crippen LogP contribution >= 0.6 is 11.8 Å². The van der Waals surface area contributed by atoms with Crippen LogP contribution in [0.25, 0.3) is 10.8 Å². The minimum absolute atomic E-state index is 0.836. The lowest BCUT2D eigenvalue weighted by molar-refractivity contribution is 0.415. The van der Waals surface area contributed by atoms with Crippen LogP contribution in [0.4, 0.5) is 11.4 Å². The standard InChI is InChI=1S/C23H20N2OS/c1-25-22(9-5-6-16-24-18-11-13-19(26-2)14-12-18)27-21-15-10-17-7-3-4-8-20(17)23(21)25/h3-16H,1-2H3. The molecule has 0 saturated carbocycles. The van der Waals surface area contributed by atoms with Crippen LogP contribution in [0.15, 0.2) is 93.8 Å². The van der Waals surface area contributed by atoms with E-state index in [4.69, 9.17) is 4.74 Å². The quantitative estimate of drug-likeness (QED) is 0.510. The first-order valence-corrected chi connectivity index (χ1v) is 9.56. The first kappa shape index (κ1) is 17.4. The Kier molecular flexibility index (Phi) is 4.99. The lowest BCUT2D eigenvalue weighted by atomic mass is 10.1. The van der Waals surface area contributed by atoms with Crippen LogP contribution in [-0.2, 0) is 0 Å². The summed E-state index contributed by atoms with van der Waals surface area (Å²) >= 11 is 1.80. The number of methoxy groups -OCH3 is 1. The molecule has 1 aliphatic rings. The Balaban J connectivity index is 1.48. The van der Waals surface area contributed by atoms with Crippen molar-refractivity contribution in [1.29, 1.82) is 0 Å². The molecule has 4 heteroatoms. The van der Waals surface area contributed by atoms with E-state index in [1.165, 1.54) is 26.4 Å². The highest BCUT2D eigenvalue weighted by molar-refractivity contribution is 8.03. The van der Waals surface area contributed by atoms with E-state index >= 15 is 0 Å². The Bertz CT molecular complexity index is 1050. The number of nitrogens with zero attached hydrogens (tertiary/aromatic N) is 2. The van der Waals surface area contributed by atoms with Crippen molar-refractivity contribution in [2.45, 2.75) is 4.90 Å². The molecule has 0 aliphatic carbocycles. The van der Waals surface area contributed by atoms with Gasteiger partial charge in [-0.25, -0.2) is 0 Å². The highest BCUT2D eigenvalue weighted by Gasteiger charge is 2.23. The third kappa shape index (κ3) is 3.62. The number of ether oxygens (including phenoxy) is 1. The molecule has 0 atom stereocenters. The molecule has 27 heavy (non-hydrogen) atoms. The predicted octanol–water partition coefficient (Wildman–Crippen LogP) is 6.19. The summed E-state index contributed by atoms with van der Waals surface area (Å²) in [6, 6.07) is 20.6. The minimum atomic E-state index is 0.836. The van der Waals surface area contributed by atoms with Crippen LogP contribution in [0.1, 0.15) is 0 Å². The molecule has 3 nitrogen and oxygen atoms in total. The van der Waals surface area contributed by atoms with Gasteiger partial charge in [0.15, 0.2) is 0 Å². The molecule has 0 aromatic heterocycles. The fraction of sp³-hybridized carbons (Fsp3) is 0.0870. The number of fused-ring (bicyclic) bond motifs is 3. The number of aliphatic imine (C=N–C) groups is 1. The molecule has 0 N–H and O–H groups in total. The van der Waals surface area contributed by atoms with Crippen molar-refractivity contribution in [2.75, 3.05) is 19.1 Å². The molecule has 0 fully saturated rings. The number of rotatable bonds is 4. The zero-order valence-corrected chi connectivity index (χ0v) is 16.1. The lowest BCUT2D eigenvalue weighted by Gasteiger charge is -2.15. The van der Waals surface area contributed by atoms with Gasteiger partial charge in [0.05, 0.1) is 23.5 Å². The summed E-state index contributed by atoms with van der Waals surface area (Å²) in [5.41, 5.74) is 2.18. The number of hydrogen-bond acceptors (Lipinski definition) is 4. The molecule has 0 spiro atoms. The molecule has 3 aromatic carbocycles. The second-order valence-electron chi connectivity index (χ2n) is 6.16. The van der Waals surface area contributed by atoms with Gasteiger partial charge in [-0.15, -0.1) is 0 Å². The molecule has 3 aromatic rings. The van der Waals surface area contributed by atoms with E-state index < -0.39 is 0 Å². The zero-order valence-electron chi connectivity index (χ0n) is 15.3. The van der Waals surface area contributed by atoms with Gasteiger partial charge in [0.2, 0.25) is 0 Å². The first-order chi connectivity index (χ1) is 13.3. The van der Waals surface area contributed by atoms with Crippen LogP contribution in [0, 0.1) is 0 Å². The normalized spacial score (nSPS) is 15.3. The van der Waals surface area contributed by atoms with Gasteiger partial charge >= 0.3 is 0 Å². The summed E-state index contributed by atoms with van der Waals surface area (Å²) in [4.78, 5) is 7.98. The average Bonchev–Trinajstić information content (AvgIpc) is 3.04. The summed E-state index contributed by atoms with van der Waals surface area (Å²) < 4.78 is 5.15. The van der Waals surface area contributed by atoms with Gasteiger partial charge in [-0.1, -0.05) is 48.2 Å². The van der Waals surface area contributed by atoms with Crippen molar-refractivity contribution in [3.63, 3.8) is 0 Å². The van der Waals surface area contributed by atoms with E-state index in [2.05, 4.69) is 59.4 Å². The maximum atomic E-state index is 5.15. The predicted molar refractivity (Wildman–Crippen MR) is 117 cm³/mol. The summed E-state index contributed by atoms with van der Waals surface area (Å²) in [6.45, 7) is 0. The number of benzene rings is 3. The Morgan fingerprint density at radius 2 is 1.78 bits per heavy atom. The Labute approximate surface area is 163 Å². The molecule has 4 rings (SSSR count). The maximum absolute atomic E-state index is 5.15. The van der Waals surface area contributed by atoms with Crippen molar-refractivity contribution in [3.8, 4) is 5.75 Å². The average molecular weight is 372 g/mol. The zero-order chi connectivity index (χ0) is 18.6. The van der Waals surface area contributed by atoms with Gasteiger partial charge in [0.25, 0.3) is 0 Å². The molecule has 134 valence electrons. The van der Waals surface area contributed by atoms with E-state index in [0.717, 1.165) is 11.4 Å². The van der Waals surface area contributed by atoms with E-state index in [-0.39, 0.29) is 0 Å². The number of anilines is 1. The van der Waals surface area contributed by atoms with E-state index in [0.29, 0.717) is 0 Å². The smallest absolute Gasteiger partial charge is 0.119 e. The first-order valence-electron chi connectivity index (χ1n) is 8.74. The summed E-state index contributed by atoms with van der Waals surface area (Å²) in [6.07, 6.45) is 7.91. The van der Waals surface area contributed by atoms with Crippen molar-refractivity contribution in [1.82, 2.24) is 0 Å². The van der Waals surface area contributed by atoms with Crippen molar-refractivity contribution < 1.29 is 4.74 Å². The fourth-order valence-electron chi connectivity index (χ4n) is 3.09. The molecule has 1 aliphatic heterocycles. The van der Waals surface area contributed by atoms with Gasteiger partial charge < -0.3 is 9.64 Å². The molecule has 0 unspecified atom stereocenters. The van der Waals surface area contributed by atoms with Crippen LogP contribution in [0.5, 0.6) is 5.75 Å². The van der Waals surface area contributed by atoms with Gasteiger partial charge in [-0.05, 0) is 47.9 Å². The van der Waals surface area contributed by atoms with E-state index in [1.807, 2.05) is 36.4 Å².